The van der Waals surface area contributed by atoms with Gasteiger partial charge >= 0.3 is 6.18 Å². The van der Waals surface area contributed by atoms with Crippen LogP contribution < -0.4 is 0 Å². The molecule has 0 aliphatic heterocycles. The van der Waals surface area contributed by atoms with Crippen molar-refractivity contribution >= 4 is 19.0 Å². The summed E-state index contributed by atoms with van der Waals surface area (Å²) in [5.41, 5.74) is 0.326. The van der Waals surface area contributed by atoms with Crippen LogP contribution in [0.1, 0.15) is 26.3 Å². The molecule has 0 saturated carbocycles. The summed E-state index contributed by atoms with van der Waals surface area (Å²) >= 11 is 0. The maximum atomic E-state index is 13.0. The van der Waals surface area contributed by atoms with Gasteiger partial charge in [0.15, 0.2) is 0 Å². The maximum Gasteiger partial charge on any atom is 0.409 e. The number of hydrogen-bond acceptors (Lipinski definition) is 2. The molecular formula is C15H20F3NO2Si. The largest absolute Gasteiger partial charge is 0.409 e. The zero-order chi connectivity index (χ0) is 17.0. The second kappa shape index (κ2) is 7.08. The summed E-state index contributed by atoms with van der Waals surface area (Å²) in [6, 6.07) is 7.51. The van der Waals surface area contributed by atoms with Gasteiger partial charge < -0.3 is 0 Å². The molecule has 122 valence electrons. The van der Waals surface area contributed by atoms with Crippen LogP contribution in [0.25, 0.3) is 5.20 Å². The lowest BCUT2D eigenvalue weighted by Crippen LogP contribution is -2.34. The number of allylic oxidation sites excluding steroid dienone is 1. The van der Waals surface area contributed by atoms with Crippen LogP contribution in [0.5, 0.6) is 0 Å². The second-order valence-electron chi connectivity index (χ2n) is 5.24. The molecule has 0 saturated heterocycles. The topological polar surface area (TPSA) is 43.1 Å². The normalized spacial score (nSPS) is 13.3. The molecule has 22 heavy (non-hydrogen) atoms. The molecule has 0 bridgehead atoms. The van der Waals surface area contributed by atoms with Crippen LogP contribution in [-0.2, 0) is 0 Å². The monoisotopic (exact) mass is 331 g/mol. The van der Waals surface area contributed by atoms with E-state index in [2.05, 4.69) is 0 Å². The molecule has 0 radical (unpaired) electrons. The lowest BCUT2D eigenvalue weighted by Gasteiger charge is -2.32. The van der Waals surface area contributed by atoms with Crippen LogP contribution in [0.4, 0.5) is 18.9 Å². The molecule has 0 atom stereocenters. The number of non-ortho nitro benzene ring substituents is 1. The van der Waals surface area contributed by atoms with Gasteiger partial charge in [-0.05, 0) is 22.9 Å². The first kappa shape index (κ1) is 18.4. The lowest BCUT2D eigenvalue weighted by atomic mass is 10.2. The first-order chi connectivity index (χ1) is 10.2. The Hall–Kier alpha value is -1.63. The summed E-state index contributed by atoms with van der Waals surface area (Å²) < 4.78 is 38.9. The number of nitrogens with zero attached hydrogens (tertiary/aromatic N) is 1. The quantitative estimate of drug-likeness (QED) is 0.387. The third-order valence-electron chi connectivity index (χ3n) is 4.30. The minimum Gasteiger partial charge on any atom is -0.258 e. The van der Waals surface area contributed by atoms with Gasteiger partial charge in [0.05, 0.1) is 13.0 Å². The molecule has 3 nitrogen and oxygen atoms in total. The van der Waals surface area contributed by atoms with Crippen molar-refractivity contribution in [2.45, 2.75) is 45.1 Å². The SMILES string of the molecule is CC[Si](CC)(CC)/C(=C/C(F)(F)F)c1ccc([N+](=O)[O-])cc1. The van der Waals surface area contributed by atoms with E-state index in [0.29, 0.717) is 35.0 Å². The van der Waals surface area contributed by atoms with Gasteiger partial charge in [-0.1, -0.05) is 38.9 Å². The minimum absolute atomic E-state index is 0.119. The highest BCUT2D eigenvalue weighted by molar-refractivity contribution is 6.96. The van der Waals surface area contributed by atoms with Crippen molar-refractivity contribution in [3.05, 3.63) is 46.0 Å². The third-order valence-corrected chi connectivity index (χ3v) is 9.94. The highest BCUT2D eigenvalue weighted by atomic mass is 28.3. The number of benzene rings is 1. The van der Waals surface area contributed by atoms with Crippen molar-refractivity contribution in [3.63, 3.8) is 0 Å². The van der Waals surface area contributed by atoms with E-state index in [4.69, 9.17) is 0 Å². The van der Waals surface area contributed by atoms with E-state index in [0.717, 1.165) is 0 Å². The average Bonchev–Trinajstić information content (AvgIpc) is 2.47. The summed E-state index contributed by atoms with van der Waals surface area (Å²) in [4.78, 5) is 10.1. The van der Waals surface area contributed by atoms with Gasteiger partial charge in [-0.15, -0.1) is 0 Å². The van der Waals surface area contributed by atoms with Gasteiger partial charge in [0, 0.05) is 18.2 Å². The molecule has 0 aromatic heterocycles. The van der Waals surface area contributed by atoms with E-state index in [-0.39, 0.29) is 5.69 Å². The smallest absolute Gasteiger partial charge is 0.258 e. The summed E-state index contributed by atoms with van der Waals surface area (Å²) in [5, 5.41) is 11.0. The molecule has 0 amide bonds. The van der Waals surface area contributed by atoms with Crippen molar-refractivity contribution in [1.82, 2.24) is 0 Å². The fourth-order valence-corrected chi connectivity index (χ4v) is 6.68. The summed E-state index contributed by atoms with van der Waals surface area (Å²) in [7, 11) is -2.27. The van der Waals surface area contributed by atoms with Crippen molar-refractivity contribution in [2.75, 3.05) is 0 Å². The van der Waals surface area contributed by atoms with E-state index in [9.17, 15) is 23.3 Å². The Labute approximate surface area is 129 Å². The van der Waals surface area contributed by atoms with Gasteiger partial charge in [0.2, 0.25) is 0 Å². The molecule has 0 heterocycles. The molecule has 0 N–H and O–H groups in total. The number of nitro groups is 1. The Morgan fingerprint density at radius 3 is 1.91 bits per heavy atom. The molecule has 1 aromatic rings. The number of halogens is 3. The molecule has 7 heteroatoms. The Morgan fingerprint density at radius 2 is 1.59 bits per heavy atom. The van der Waals surface area contributed by atoms with E-state index in [1.54, 1.807) is 0 Å². The number of hydrogen-bond donors (Lipinski definition) is 0. The Balaban J connectivity index is 3.45. The van der Waals surface area contributed by atoms with Gasteiger partial charge in [0.1, 0.15) is 0 Å². The summed E-state index contributed by atoms with van der Waals surface area (Å²) in [6.07, 6.45) is -3.99. The molecule has 0 unspecified atom stereocenters. The average molecular weight is 331 g/mol. The zero-order valence-corrected chi connectivity index (χ0v) is 13.9. The second-order valence-corrected chi connectivity index (χ2v) is 10.5. The molecule has 0 spiro atoms. The van der Waals surface area contributed by atoms with Crippen LogP contribution in [0.3, 0.4) is 0 Å². The van der Waals surface area contributed by atoms with Crippen LogP contribution in [0.15, 0.2) is 30.3 Å². The van der Waals surface area contributed by atoms with Gasteiger partial charge in [0.25, 0.3) is 5.69 Å². The van der Waals surface area contributed by atoms with Crippen LogP contribution in [0.2, 0.25) is 18.1 Å². The predicted molar refractivity (Wildman–Crippen MR) is 84.3 cm³/mol. The first-order valence-electron chi connectivity index (χ1n) is 7.24. The van der Waals surface area contributed by atoms with Crippen LogP contribution in [-0.4, -0.2) is 19.2 Å². The number of nitro benzene ring substituents is 1. The molecule has 0 aliphatic carbocycles. The number of rotatable bonds is 6. The van der Waals surface area contributed by atoms with Crippen molar-refractivity contribution in [1.29, 1.82) is 0 Å². The van der Waals surface area contributed by atoms with Crippen LogP contribution >= 0.6 is 0 Å². The number of alkyl halides is 3. The standard InChI is InChI=1S/C15H20F3NO2Si/c1-4-22(5-2,6-3)14(11-15(16,17)18)12-7-9-13(10-8-12)19(20)21/h7-11H,4-6H2,1-3H3/b14-11+. The Kier molecular flexibility index (Phi) is 5.93. The molecular weight excluding hydrogens is 311 g/mol. The molecule has 0 aliphatic rings. The van der Waals surface area contributed by atoms with Crippen molar-refractivity contribution < 1.29 is 18.1 Å². The van der Waals surface area contributed by atoms with Crippen molar-refractivity contribution in [3.8, 4) is 0 Å². The Bertz CT molecular complexity index is 541. The van der Waals surface area contributed by atoms with Crippen LogP contribution in [0, 0.1) is 10.1 Å². The molecule has 1 aromatic carbocycles. The fourth-order valence-electron chi connectivity index (χ4n) is 2.79. The van der Waals surface area contributed by atoms with Crippen molar-refractivity contribution in [2.24, 2.45) is 0 Å². The van der Waals surface area contributed by atoms with E-state index in [1.165, 1.54) is 24.3 Å². The minimum atomic E-state index is -4.39. The Morgan fingerprint density at radius 1 is 1.14 bits per heavy atom. The van der Waals surface area contributed by atoms with E-state index >= 15 is 0 Å². The third kappa shape index (κ3) is 4.19. The summed E-state index contributed by atoms with van der Waals surface area (Å²) in [5.74, 6) is 0. The first-order valence-corrected chi connectivity index (χ1v) is 9.86. The lowest BCUT2D eigenvalue weighted by molar-refractivity contribution is -0.384. The van der Waals surface area contributed by atoms with Gasteiger partial charge in [-0.25, -0.2) is 0 Å². The molecule has 1 rings (SSSR count). The zero-order valence-electron chi connectivity index (χ0n) is 12.9. The van der Waals surface area contributed by atoms with E-state index in [1.807, 2.05) is 20.8 Å². The summed E-state index contributed by atoms with van der Waals surface area (Å²) in [6.45, 7) is 5.78. The highest BCUT2D eigenvalue weighted by Gasteiger charge is 2.36. The predicted octanol–water partition coefficient (Wildman–Crippen LogP) is 5.59. The highest BCUT2D eigenvalue weighted by Crippen LogP contribution is 2.38. The fraction of sp³-hybridized carbons (Fsp3) is 0.467. The van der Waals surface area contributed by atoms with Gasteiger partial charge in [-0.3, -0.25) is 10.1 Å². The molecule has 0 fully saturated rings. The maximum absolute atomic E-state index is 13.0. The van der Waals surface area contributed by atoms with Gasteiger partial charge in [-0.2, -0.15) is 13.2 Å². The van der Waals surface area contributed by atoms with E-state index < -0.39 is 19.2 Å².